The molecule has 0 fully saturated rings. The maximum Gasteiger partial charge on any atom is 0.252 e. The summed E-state index contributed by atoms with van der Waals surface area (Å²) >= 11 is 0. The van der Waals surface area contributed by atoms with Gasteiger partial charge in [-0.3, -0.25) is 0 Å². The topological polar surface area (TPSA) is 30.7 Å². The standard InChI is InChI=1S/C9H8FN3/c10-9-7-13(12-11-9)6-8-4-2-1-3-5-8/h1-5,7H,6H2. The predicted octanol–water partition coefficient (Wildman–Crippen LogP) is 1.47. The fraction of sp³-hybridized carbons (Fsp3) is 0.111. The van der Waals surface area contributed by atoms with E-state index >= 15 is 0 Å². The lowest BCUT2D eigenvalue weighted by molar-refractivity contribution is 0.578. The zero-order chi connectivity index (χ0) is 9.10. The normalized spacial score (nSPS) is 10.2. The average Bonchev–Trinajstić information content (AvgIpc) is 2.53. The Morgan fingerprint density at radius 2 is 2.00 bits per heavy atom. The zero-order valence-corrected chi connectivity index (χ0v) is 6.89. The molecule has 3 nitrogen and oxygen atoms in total. The third kappa shape index (κ3) is 1.90. The van der Waals surface area contributed by atoms with Gasteiger partial charge >= 0.3 is 0 Å². The van der Waals surface area contributed by atoms with Crippen LogP contribution in [0.4, 0.5) is 4.39 Å². The second-order valence-corrected chi connectivity index (χ2v) is 2.72. The highest BCUT2D eigenvalue weighted by Gasteiger charge is 1.98. The summed E-state index contributed by atoms with van der Waals surface area (Å²) in [6.07, 6.45) is 1.27. The van der Waals surface area contributed by atoms with Crippen molar-refractivity contribution in [3.05, 3.63) is 48.0 Å². The van der Waals surface area contributed by atoms with Gasteiger partial charge in [-0.25, -0.2) is 4.68 Å². The first-order chi connectivity index (χ1) is 6.34. The third-order valence-electron chi connectivity index (χ3n) is 1.70. The van der Waals surface area contributed by atoms with Gasteiger partial charge in [-0.15, -0.1) is 0 Å². The summed E-state index contributed by atoms with van der Waals surface area (Å²) in [6.45, 7) is 0.553. The Morgan fingerprint density at radius 3 is 2.62 bits per heavy atom. The van der Waals surface area contributed by atoms with Crippen LogP contribution in [0.3, 0.4) is 0 Å². The van der Waals surface area contributed by atoms with Crippen LogP contribution in [0, 0.1) is 5.95 Å². The van der Waals surface area contributed by atoms with Crippen LogP contribution in [-0.2, 0) is 6.54 Å². The van der Waals surface area contributed by atoms with Gasteiger partial charge in [0, 0.05) is 0 Å². The van der Waals surface area contributed by atoms with Gasteiger partial charge in [0.15, 0.2) is 0 Å². The summed E-state index contributed by atoms with van der Waals surface area (Å²) < 4.78 is 13.9. The number of halogens is 1. The molecule has 4 heteroatoms. The Morgan fingerprint density at radius 1 is 1.23 bits per heavy atom. The molecule has 2 aromatic rings. The molecule has 66 valence electrons. The molecule has 0 bridgehead atoms. The molecule has 0 N–H and O–H groups in total. The SMILES string of the molecule is Fc1cn(Cc2ccccc2)nn1. The number of nitrogens with zero attached hydrogens (tertiary/aromatic N) is 3. The molecule has 0 atom stereocenters. The maximum absolute atomic E-state index is 12.4. The molecule has 0 amide bonds. The minimum absolute atomic E-state index is 0.545. The zero-order valence-electron chi connectivity index (χ0n) is 6.89. The first kappa shape index (κ1) is 7.91. The molecule has 0 saturated heterocycles. The lowest BCUT2D eigenvalue weighted by Crippen LogP contribution is -1.99. The van der Waals surface area contributed by atoms with E-state index in [1.165, 1.54) is 10.9 Å². The smallest absolute Gasteiger partial charge is 0.245 e. The van der Waals surface area contributed by atoms with E-state index in [1.54, 1.807) is 0 Å². The summed E-state index contributed by atoms with van der Waals surface area (Å²) in [5.41, 5.74) is 1.08. The molecule has 0 aliphatic carbocycles. The van der Waals surface area contributed by atoms with Gasteiger partial charge in [0.1, 0.15) is 0 Å². The van der Waals surface area contributed by atoms with Gasteiger partial charge in [-0.2, -0.15) is 4.39 Å². The first-order valence-electron chi connectivity index (χ1n) is 3.94. The van der Waals surface area contributed by atoms with E-state index in [0.717, 1.165) is 5.56 Å². The molecule has 0 spiro atoms. The van der Waals surface area contributed by atoms with Crippen molar-refractivity contribution in [3.63, 3.8) is 0 Å². The molecule has 0 aliphatic rings. The number of hydrogen-bond acceptors (Lipinski definition) is 2. The van der Waals surface area contributed by atoms with Gasteiger partial charge in [-0.05, 0) is 5.56 Å². The molecule has 1 heterocycles. The van der Waals surface area contributed by atoms with Crippen molar-refractivity contribution in [1.29, 1.82) is 0 Å². The van der Waals surface area contributed by atoms with E-state index in [4.69, 9.17) is 0 Å². The monoisotopic (exact) mass is 177 g/mol. The lowest BCUT2D eigenvalue weighted by atomic mass is 10.2. The van der Waals surface area contributed by atoms with E-state index in [1.807, 2.05) is 30.3 Å². The van der Waals surface area contributed by atoms with Crippen molar-refractivity contribution in [3.8, 4) is 0 Å². The molecule has 0 unspecified atom stereocenters. The third-order valence-corrected chi connectivity index (χ3v) is 1.70. The van der Waals surface area contributed by atoms with Crippen LogP contribution in [-0.4, -0.2) is 15.0 Å². The van der Waals surface area contributed by atoms with Crippen molar-refractivity contribution in [2.45, 2.75) is 6.54 Å². The minimum atomic E-state index is -0.545. The van der Waals surface area contributed by atoms with Crippen LogP contribution in [0.25, 0.3) is 0 Å². The second-order valence-electron chi connectivity index (χ2n) is 2.72. The van der Waals surface area contributed by atoms with Crippen LogP contribution in [0.2, 0.25) is 0 Å². The van der Waals surface area contributed by atoms with Crippen LogP contribution in [0.5, 0.6) is 0 Å². The van der Waals surface area contributed by atoms with Crippen LogP contribution in [0.15, 0.2) is 36.5 Å². The van der Waals surface area contributed by atoms with Gasteiger partial charge in [0.25, 0.3) is 5.95 Å². The summed E-state index contributed by atoms with van der Waals surface area (Å²) in [5, 5.41) is 6.86. The highest BCUT2D eigenvalue weighted by Crippen LogP contribution is 2.00. The van der Waals surface area contributed by atoms with E-state index in [-0.39, 0.29) is 0 Å². The van der Waals surface area contributed by atoms with Crippen molar-refractivity contribution in [2.24, 2.45) is 0 Å². The highest BCUT2D eigenvalue weighted by molar-refractivity contribution is 5.14. The first-order valence-corrected chi connectivity index (χ1v) is 3.94. The molecule has 2 rings (SSSR count). The molecular weight excluding hydrogens is 169 g/mol. The Bertz CT molecular complexity index is 383. The molecule has 0 aliphatic heterocycles. The van der Waals surface area contributed by atoms with Crippen LogP contribution in [0.1, 0.15) is 5.56 Å². The Hall–Kier alpha value is -1.71. The Balaban J connectivity index is 2.15. The largest absolute Gasteiger partial charge is 0.252 e. The van der Waals surface area contributed by atoms with Crippen LogP contribution < -0.4 is 0 Å². The summed E-state index contributed by atoms with van der Waals surface area (Å²) in [7, 11) is 0. The van der Waals surface area contributed by atoms with E-state index < -0.39 is 5.95 Å². The van der Waals surface area contributed by atoms with Gasteiger partial charge < -0.3 is 0 Å². The summed E-state index contributed by atoms with van der Waals surface area (Å²) in [6, 6.07) is 9.72. The quantitative estimate of drug-likeness (QED) is 0.695. The van der Waals surface area contributed by atoms with Crippen LogP contribution >= 0.6 is 0 Å². The molecule has 0 saturated carbocycles. The molecule has 13 heavy (non-hydrogen) atoms. The number of aromatic nitrogens is 3. The van der Waals surface area contributed by atoms with Gasteiger partial charge in [0.05, 0.1) is 12.7 Å². The molecular formula is C9H8FN3. The average molecular weight is 177 g/mol. The molecule has 0 radical (unpaired) electrons. The van der Waals surface area contributed by atoms with Crippen molar-refractivity contribution in [1.82, 2.24) is 15.0 Å². The Kier molecular flexibility index (Phi) is 2.04. The van der Waals surface area contributed by atoms with Crippen molar-refractivity contribution in [2.75, 3.05) is 0 Å². The second kappa shape index (κ2) is 3.35. The number of hydrogen-bond donors (Lipinski definition) is 0. The number of rotatable bonds is 2. The summed E-state index contributed by atoms with van der Waals surface area (Å²) in [4.78, 5) is 0. The predicted molar refractivity (Wildman–Crippen MR) is 45.5 cm³/mol. The fourth-order valence-corrected chi connectivity index (χ4v) is 1.12. The van der Waals surface area contributed by atoms with Crippen molar-refractivity contribution < 1.29 is 4.39 Å². The lowest BCUT2D eigenvalue weighted by Gasteiger charge is -1.98. The fourth-order valence-electron chi connectivity index (χ4n) is 1.12. The molecule has 1 aromatic heterocycles. The maximum atomic E-state index is 12.4. The van der Waals surface area contributed by atoms with E-state index in [9.17, 15) is 4.39 Å². The minimum Gasteiger partial charge on any atom is -0.245 e. The van der Waals surface area contributed by atoms with E-state index in [2.05, 4.69) is 10.3 Å². The van der Waals surface area contributed by atoms with Gasteiger partial charge in [-0.1, -0.05) is 40.6 Å². The Labute approximate surface area is 74.8 Å². The summed E-state index contributed by atoms with van der Waals surface area (Å²) in [5.74, 6) is -0.545. The van der Waals surface area contributed by atoms with E-state index in [0.29, 0.717) is 6.54 Å². The highest BCUT2D eigenvalue weighted by atomic mass is 19.1. The number of benzene rings is 1. The van der Waals surface area contributed by atoms with Crippen molar-refractivity contribution >= 4 is 0 Å². The molecule has 1 aromatic carbocycles. The van der Waals surface area contributed by atoms with Gasteiger partial charge in [0.2, 0.25) is 0 Å².